The van der Waals surface area contributed by atoms with Crippen molar-refractivity contribution in [3.8, 4) is 0 Å². The van der Waals surface area contributed by atoms with Crippen LogP contribution in [-0.4, -0.2) is 73.6 Å². The first kappa shape index (κ1) is 18.1. The van der Waals surface area contributed by atoms with Crippen LogP contribution >= 0.6 is 0 Å². The van der Waals surface area contributed by atoms with E-state index in [4.69, 9.17) is 0 Å². The second-order valence-corrected chi connectivity index (χ2v) is 8.20. The molecule has 3 aliphatic heterocycles. The maximum Gasteiger partial charge on any atom is 0.274 e. The molecule has 5 rings (SSSR count). The molecule has 2 aromatic rings. The molecule has 0 aliphatic carbocycles. The van der Waals surface area contributed by atoms with Gasteiger partial charge in [-0.2, -0.15) is 0 Å². The molecular weight excluding hydrogens is 372 g/mol. The second kappa shape index (κ2) is 6.53. The highest BCUT2D eigenvalue weighted by molar-refractivity contribution is 5.96. The largest absolute Gasteiger partial charge is 0.353 e. The van der Waals surface area contributed by atoms with Gasteiger partial charge < -0.3 is 15.1 Å². The Morgan fingerprint density at radius 2 is 2.21 bits per heavy atom. The zero-order valence-corrected chi connectivity index (χ0v) is 16.4. The van der Waals surface area contributed by atoms with Gasteiger partial charge >= 0.3 is 0 Å². The average molecular weight is 396 g/mol. The molecule has 2 aromatic heterocycles. The lowest BCUT2D eigenvalue weighted by molar-refractivity contribution is -0.148. The molecule has 5 heterocycles. The van der Waals surface area contributed by atoms with E-state index in [0.29, 0.717) is 37.4 Å². The Kier molecular flexibility index (Phi) is 4.07. The van der Waals surface area contributed by atoms with Gasteiger partial charge in [-0.05, 0) is 31.7 Å². The van der Waals surface area contributed by atoms with Crippen molar-refractivity contribution in [2.75, 3.05) is 19.6 Å². The molecule has 3 fully saturated rings. The lowest BCUT2D eigenvalue weighted by atomic mass is 9.70. The molecule has 9 heteroatoms. The van der Waals surface area contributed by atoms with Gasteiger partial charge in [0.15, 0.2) is 0 Å². The predicted octanol–water partition coefficient (Wildman–Crippen LogP) is 0.461. The summed E-state index contributed by atoms with van der Waals surface area (Å²) in [4.78, 5) is 50.8. The van der Waals surface area contributed by atoms with Gasteiger partial charge in [0, 0.05) is 43.8 Å². The summed E-state index contributed by atoms with van der Waals surface area (Å²) >= 11 is 0. The first-order valence-corrected chi connectivity index (χ1v) is 10.2. The van der Waals surface area contributed by atoms with Crippen LogP contribution in [0.3, 0.4) is 0 Å². The van der Waals surface area contributed by atoms with Crippen LogP contribution < -0.4 is 5.32 Å². The fourth-order valence-electron chi connectivity index (χ4n) is 5.44. The summed E-state index contributed by atoms with van der Waals surface area (Å²) in [5.41, 5.74) is -0.259. The van der Waals surface area contributed by atoms with Gasteiger partial charge in [0.2, 0.25) is 17.6 Å². The Labute approximate surface area is 168 Å². The van der Waals surface area contributed by atoms with Crippen molar-refractivity contribution in [3.63, 3.8) is 0 Å². The van der Waals surface area contributed by atoms with E-state index in [1.165, 1.54) is 0 Å². The number of hydrogen-bond donors (Lipinski definition) is 1. The summed E-state index contributed by atoms with van der Waals surface area (Å²) in [7, 11) is 0. The van der Waals surface area contributed by atoms with Gasteiger partial charge in [0.25, 0.3) is 5.91 Å². The normalized spacial score (nSPS) is 28.8. The molecular formula is C20H24N6O3. The van der Waals surface area contributed by atoms with Crippen molar-refractivity contribution < 1.29 is 14.4 Å². The first-order valence-electron chi connectivity index (χ1n) is 10.2. The molecule has 3 amide bonds. The van der Waals surface area contributed by atoms with Crippen LogP contribution in [0.5, 0.6) is 0 Å². The molecule has 29 heavy (non-hydrogen) atoms. The highest BCUT2D eigenvalue weighted by Gasteiger charge is 2.61. The summed E-state index contributed by atoms with van der Waals surface area (Å²) < 4.78 is 1.73. The Balaban J connectivity index is 1.45. The van der Waals surface area contributed by atoms with Crippen LogP contribution in [0.1, 0.15) is 43.1 Å². The van der Waals surface area contributed by atoms with E-state index in [1.54, 1.807) is 27.8 Å². The topological polar surface area (TPSA) is 99.9 Å². The highest BCUT2D eigenvalue weighted by Crippen LogP contribution is 2.53. The average Bonchev–Trinajstić information content (AvgIpc) is 3.44. The third-order valence-corrected chi connectivity index (χ3v) is 6.81. The van der Waals surface area contributed by atoms with Crippen molar-refractivity contribution in [2.24, 2.45) is 5.41 Å². The monoisotopic (exact) mass is 396 g/mol. The molecule has 2 bridgehead atoms. The van der Waals surface area contributed by atoms with Gasteiger partial charge in [0.05, 0.1) is 12.0 Å². The van der Waals surface area contributed by atoms with Gasteiger partial charge in [0.1, 0.15) is 5.69 Å². The molecule has 0 unspecified atom stereocenters. The zero-order chi connectivity index (χ0) is 20.2. The Morgan fingerprint density at radius 3 is 2.97 bits per heavy atom. The lowest BCUT2D eigenvalue weighted by Gasteiger charge is -2.40. The predicted molar refractivity (Wildman–Crippen MR) is 103 cm³/mol. The Bertz CT molecular complexity index is 970. The van der Waals surface area contributed by atoms with E-state index in [-0.39, 0.29) is 36.3 Å². The number of amides is 3. The molecule has 0 radical (unpaired) electrons. The van der Waals surface area contributed by atoms with Gasteiger partial charge in [-0.1, -0.05) is 6.92 Å². The number of rotatable bonds is 3. The third-order valence-electron chi connectivity index (χ3n) is 6.81. The number of imidazole rings is 1. The summed E-state index contributed by atoms with van der Waals surface area (Å²) in [5, 5.41) is 2.77. The molecule has 3 aliphatic rings. The summed E-state index contributed by atoms with van der Waals surface area (Å²) in [6, 6.07) is 1.67. The molecule has 1 N–H and O–H groups in total. The van der Waals surface area contributed by atoms with Crippen LogP contribution in [0, 0.1) is 5.41 Å². The van der Waals surface area contributed by atoms with Crippen LogP contribution in [0.2, 0.25) is 0 Å². The minimum Gasteiger partial charge on any atom is -0.353 e. The molecule has 9 nitrogen and oxygen atoms in total. The van der Waals surface area contributed by atoms with Crippen LogP contribution in [0.25, 0.3) is 5.78 Å². The second-order valence-electron chi connectivity index (χ2n) is 8.20. The van der Waals surface area contributed by atoms with E-state index in [2.05, 4.69) is 15.3 Å². The summed E-state index contributed by atoms with van der Waals surface area (Å²) in [6.07, 6.45) is 8.17. The quantitative estimate of drug-likeness (QED) is 0.813. The molecule has 152 valence electrons. The van der Waals surface area contributed by atoms with Crippen LogP contribution in [0.4, 0.5) is 0 Å². The molecule has 3 saturated heterocycles. The van der Waals surface area contributed by atoms with E-state index in [1.807, 2.05) is 18.0 Å². The number of nitrogens with one attached hydrogen (secondary N) is 1. The minimum atomic E-state index is -0.617. The first-order chi connectivity index (χ1) is 14.0. The standard InChI is InChI=1S/C20H24N6O3/c1-2-20(18(29)24-9-7-21-16(27)12-24)10-13-4-5-15(20)26(13)17(28)14-11-25-8-3-6-22-19(25)23-14/h3,6,8,11,13,15H,2,4-5,7,9-10,12H2,1H3,(H,21,27)/t13-,15+,20+/m1/s1. The van der Waals surface area contributed by atoms with Crippen molar-refractivity contribution in [2.45, 2.75) is 44.7 Å². The number of nitrogens with zero attached hydrogens (tertiary/aromatic N) is 5. The number of fused-ring (bicyclic) bond motifs is 3. The maximum atomic E-state index is 13.5. The maximum absolute atomic E-state index is 13.5. The summed E-state index contributed by atoms with van der Waals surface area (Å²) in [5.74, 6) is 0.239. The molecule has 0 spiro atoms. The number of carbonyl (C=O) groups excluding carboxylic acids is 3. The number of carbonyl (C=O) groups is 3. The highest BCUT2D eigenvalue weighted by atomic mass is 16.2. The molecule has 3 atom stereocenters. The third kappa shape index (κ3) is 2.63. The van der Waals surface area contributed by atoms with Crippen molar-refractivity contribution in [3.05, 3.63) is 30.4 Å². The Morgan fingerprint density at radius 1 is 1.34 bits per heavy atom. The zero-order valence-electron chi connectivity index (χ0n) is 16.4. The van der Waals surface area contributed by atoms with E-state index in [9.17, 15) is 14.4 Å². The summed E-state index contributed by atoms with van der Waals surface area (Å²) in [6.45, 7) is 3.12. The van der Waals surface area contributed by atoms with Gasteiger partial charge in [-0.15, -0.1) is 0 Å². The van der Waals surface area contributed by atoms with E-state index >= 15 is 0 Å². The van der Waals surface area contributed by atoms with Crippen molar-refractivity contribution in [1.29, 1.82) is 0 Å². The number of piperazine rings is 1. The SMILES string of the molecule is CC[C@]1(C(=O)N2CCNC(=O)C2)C[C@H]2CC[C@@H]1N2C(=O)c1cn2cccnc2n1. The van der Waals surface area contributed by atoms with E-state index in [0.717, 1.165) is 12.8 Å². The Hall–Kier alpha value is -2.97. The molecule has 0 saturated carbocycles. The van der Waals surface area contributed by atoms with Crippen LogP contribution in [0.15, 0.2) is 24.7 Å². The van der Waals surface area contributed by atoms with Gasteiger partial charge in [-0.25, -0.2) is 9.97 Å². The van der Waals surface area contributed by atoms with Crippen LogP contribution in [-0.2, 0) is 9.59 Å². The minimum absolute atomic E-state index is 0.0107. The fraction of sp³-hybridized carbons (Fsp3) is 0.550. The fourth-order valence-corrected chi connectivity index (χ4v) is 5.44. The van der Waals surface area contributed by atoms with Crippen molar-refractivity contribution in [1.82, 2.24) is 29.5 Å². The lowest BCUT2D eigenvalue weighted by Crippen LogP contribution is -2.57. The van der Waals surface area contributed by atoms with Gasteiger partial charge in [-0.3, -0.25) is 18.8 Å². The van der Waals surface area contributed by atoms with E-state index < -0.39 is 5.41 Å². The molecule has 0 aromatic carbocycles. The smallest absolute Gasteiger partial charge is 0.274 e. The number of aromatic nitrogens is 3. The number of hydrogen-bond acceptors (Lipinski definition) is 5. The van der Waals surface area contributed by atoms with Crippen molar-refractivity contribution >= 4 is 23.5 Å².